The van der Waals surface area contributed by atoms with Crippen LogP contribution in [0, 0.1) is 5.92 Å². The van der Waals surface area contributed by atoms with E-state index in [-0.39, 0.29) is 13.0 Å². The number of rotatable bonds is 7. The average molecular weight is 189 g/mol. The molecule has 0 saturated carbocycles. The van der Waals surface area contributed by atoms with Crippen LogP contribution in [0.25, 0.3) is 0 Å². The van der Waals surface area contributed by atoms with Gasteiger partial charge in [-0.3, -0.25) is 14.8 Å². The molecule has 0 aliphatic carbocycles. The van der Waals surface area contributed by atoms with E-state index in [1.165, 1.54) is 0 Å². The molecular weight excluding hydrogens is 174 g/mol. The molecule has 0 heterocycles. The molecule has 0 bridgehead atoms. The number of aliphatic carboxylic acids is 1. The number of carbonyl (C=O) groups excluding carboxylic acids is 1. The van der Waals surface area contributed by atoms with E-state index in [1.807, 2.05) is 6.92 Å². The third-order valence-electron chi connectivity index (χ3n) is 1.78. The number of amides is 1. The number of hydroxylamine groups is 2. The molecule has 5 nitrogen and oxygen atoms in total. The molecule has 0 spiro atoms. The van der Waals surface area contributed by atoms with Crippen LogP contribution in [-0.2, 0) is 9.59 Å². The number of carbonyl (C=O) groups is 2. The second-order valence-corrected chi connectivity index (χ2v) is 2.90. The standard InChI is InChI=1S/C8H15NO4/c1-2-3-4-7(8(11)12)5-9(13)6-10/h6-7,13H,2-5H2,1H3,(H,11,12)/t7-/m0/s1. The molecule has 0 aliphatic rings. The molecule has 0 aromatic carbocycles. The van der Waals surface area contributed by atoms with Crippen molar-refractivity contribution in [2.75, 3.05) is 6.54 Å². The van der Waals surface area contributed by atoms with E-state index in [2.05, 4.69) is 0 Å². The van der Waals surface area contributed by atoms with Gasteiger partial charge in [0.1, 0.15) is 0 Å². The average Bonchev–Trinajstić information content (AvgIpc) is 2.11. The molecule has 76 valence electrons. The molecule has 0 aliphatic heterocycles. The maximum Gasteiger partial charge on any atom is 0.308 e. The highest BCUT2D eigenvalue weighted by Gasteiger charge is 2.18. The van der Waals surface area contributed by atoms with Crippen LogP contribution in [0.2, 0.25) is 0 Å². The van der Waals surface area contributed by atoms with E-state index in [4.69, 9.17) is 10.3 Å². The Kier molecular flexibility index (Phi) is 5.88. The molecule has 0 saturated heterocycles. The van der Waals surface area contributed by atoms with E-state index >= 15 is 0 Å². The Morgan fingerprint density at radius 2 is 2.23 bits per heavy atom. The Hall–Kier alpha value is -1.10. The summed E-state index contributed by atoms with van der Waals surface area (Å²) in [6.07, 6.45) is 2.37. The molecule has 13 heavy (non-hydrogen) atoms. The van der Waals surface area contributed by atoms with Crippen molar-refractivity contribution >= 4 is 12.4 Å². The van der Waals surface area contributed by atoms with Crippen LogP contribution in [0.5, 0.6) is 0 Å². The van der Waals surface area contributed by atoms with Gasteiger partial charge in [-0.1, -0.05) is 19.8 Å². The Labute approximate surface area is 76.9 Å². The summed E-state index contributed by atoms with van der Waals surface area (Å²) in [4.78, 5) is 20.6. The topological polar surface area (TPSA) is 77.8 Å². The fourth-order valence-corrected chi connectivity index (χ4v) is 1.01. The third kappa shape index (κ3) is 5.19. The first-order valence-electron chi connectivity index (χ1n) is 4.25. The van der Waals surface area contributed by atoms with Crippen molar-refractivity contribution in [3.8, 4) is 0 Å². The predicted molar refractivity (Wildman–Crippen MR) is 45.2 cm³/mol. The zero-order valence-electron chi connectivity index (χ0n) is 7.64. The Bertz CT molecular complexity index is 172. The molecule has 1 atom stereocenters. The largest absolute Gasteiger partial charge is 0.481 e. The van der Waals surface area contributed by atoms with Gasteiger partial charge in [-0.2, -0.15) is 0 Å². The van der Waals surface area contributed by atoms with Crippen molar-refractivity contribution in [1.29, 1.82) is 0 Å². The minimum Gasteiger partial charge on any atom is -0.481 e. The van der Waals surface area contributed by atoms with Gasteiger partial charge in [0, 0.05) is 0 Å². The van der Waals surface area contributed by atoms with Crippen molar-refractivity contribution < 1.29 is 19.9 Å². The van der Waals surface area contributed by atoms with E-state index in [9.17, 15) is 9.59 Å². The lowest BCUT2D eigenvalue weighted by Crippen LogP contribution is -2.29. The number of nitrogens with zero attached hydrogens (tertiary/aromatic N) is 1. The molecule has 5 heteroatoms. The van der Waals surface area contributed by atoms with E-state index in [0.29, 0.717) is 11.5 Å². The number of carboxylic acids is 1. The van der Waals surface area contributed by atoms with E-state index in [0.717, 1.165) is 12.8 Å². The van der Waals surface area contributed by atoms with Crippen molar-refractivity contribution in [3.63, 3.8) is 0 Å². The van der Waals surface area contributed by atoms with Gasteiger partial charge in [0.2, 0.25) is 6.41 Å². The first kappa shape index (κ1) is 11.9. The van der Waals surface area contributed by atoms with Gasteiger partial charge in [0.15, 0.2) is 0 Å². The normalized spacial score (nSPS) is 12.2. The number of unbranched alkanes of at least 4 members (excludes halogenated alkanes) is 1. The SMILES string of the molecule is CCCC[C@@H](CN(O)C=O)C(=O)O. The first-order chi connectivity index (χ1) is 6.11. The quantitative estimate of drug-likeness (QED) is 0.351. The maximum atomic E-state index is 10.6. The van der Waals surface area contributed by atoms with Crippen LogP contribution in [0.15, 0.2) is 0 Å². The second kappa shape index (κ2) is 6.42. The van der Waals surface area contributed by atoms with Gasteiger partial charge >= 0.3 is 5.97 Å². The van der Waals surface area contributed by atoms with Gasteiger partial charge in [0.25, 0.3) is 0 Å². The summed E-state index contributed by atoms with van der Waals surface area (Å²) in [6.45, 7) is 1.81. The minimum absolute atomic E-state index is 0.140. The van der Waals surface area contributed by atoms with Crippen LogP contribution < -0.4 is 0 Å². The predicted octanol–water partition coefficient (Wildman–Crippen LogP) is 0.725. The summed E-state index contributed by atoms with van der Waals surface area (Å²) in [5.74, 6) is -1.65. The highest BCUT2D eigenvalue weighted by molar-refractivity contribution is 5.70. The molecule has 2 N–H and O–H groups in total. The molecular formula is C8H15NO4. The lowest BCUT2D eigenvalue weighted by molar-refractivity contribution is -0.159. The Morgan fingerprint density at radius 3 is 2.62 bits per heavy atom. The first-order valence-corrected chi connectivity index (χ1v) is 4.25. The fraction of sp³-hybridized carbons (Fsp3) is 0.750. The second-order valence-electron chi connectivity index (χ2n) is 2.90. The fourth-order valence-electron chi connectivity index (χ4n) is 1.01. The summed E-state index contributed by atoms with van der Waals surface area (Å²) in [5.41, 5.74) is 0. The van der Waals surface area contributed by atoms with Gasteiger partial charge in [0.05, 0.1) is 12.5 Å². The van der Waals surface area contributed by atoms with Crippen LogP contribution >= 0.6 is 0 Å². The molecule has 0 radical (unpaired) electrons. The van der Waals surface area contributed by atoms with Crippen molar-refractivity contribution in [1.82, 2.24) is 5.06 Å². The van der Waals surface area contributed by atoms with E-state index in [1.54, 1.807) is 0 Å². The zero-order chi connectivity index (χ0) is 10.3. The number of carboxylic acid groups (broad SMARTS) is 1. The minimum atomic E-state index is -0.977. The number of hydrogen-bond donors (Lipinski definition) is 2. The van der Waals surface area contributed by atoms with Gasteiger partial charge in [-0.05, 0) is 6.42 Å². The monoisotopic (exact) mass is 189 g/mol. The highest BCUT2D eigenvalue weighted by atomic mass is 16.5. The summed E-state index contributed by atoms with van der Waals surface area (Å²) >= 11 is 0. The van der Waals surface area contributed by atoms with Crippen LogP contribution in [0.4, 0.5) is 0 Å². The molecule has 0 rings (SSSR count). The molecule has 0 aromatic rings. The molecule has 1 amide bonds. The Balaban J connectivity index is 3.94. The van der Waals surface area contributed by atoms with E-state index < -0.39 is 11.9 Å². The zero-order valence-corrected chi connectivity index (χ0v) is 7.64. The lowest BCUT2D eigenvalue weighted by atomic mass is 10.0. The van der Waals surface area contributed by atoms with Gasteiger partial charge < -0.3 is 5.11 Å². The summed E-state index contributed by atoms with van der Waals surface area (Å²) in [7, 11) is 0. The summed E-state index contributed by atoms with van der Waals surface area (Å²) in [6, 6.07) is 0. The molecule has 0 aromatic heterocycles. The molecule has 0 fully saturated rings. The number of hydrogen-bond acceptors (Lipinski definition) is 3. The van der Waals surface area contributed by atoms with Crippen molar-refractivity contribution in [3.05, 3.63) is 0 Å². The van der Waals surface area contributed by atoms with Crippen LogP contribution in [-0.4, -0.2) is 34.3 Å². The maximum absolute atomic E-state index is 10.6. The van der Waals surface area contributed by atoms with Crippen molar-refractivity contribution in [2.45, 2.75) is 26.2 Å². The Morgan fingerprint density at radius 1 is 1.62 bits per heavy atom. The summed E-state index contributed by atoms with van der Waals surface area (Å²) in [5, 5.41) is 17.8. The van der Waals surface area contributed by atoms with Gasteiger partial charge in [-0.15, -0.1) is 0 Å². The third-order valence-corrected chi connectivity index (χ3v) is 1.78. The van der Waals surface area contributed by atoms with Crippen LogP contribution in [0.1, 0.15) is 26.2 Å². The van der Waals surface area contributed by atoms with Crippen molar-refractivity contribution in [2.24, 2.45) is 5.92 Å². The summed E-state index contributed by atoms with van der Waals surface area (Å²) < 4.78 is 0. The molecule has 0 unspecified atom stereocenters. The smallest absolute Gasteiger partial charge is 0.308 e. The van der Waals surface area contributed by atoms with Crippen LogP contribution in [0.3, 0.4) is 0 Å². The van der Waals surface area contributed by atoms with Gasteiger partial charge in [-0.25, -0.2) is 5.06 Å². The highest BCUT2D eigenvalue weighted by Crippen LogP contribution is 2.09. The lowest BCUT2D eigenvalue weighted by Gasteiger charge is -2.15.